The zero-order chi connectivity index (χ0) is 11.7. The molecule has 2 nitrogen and oxygen atoms in total. The maximum absolute atomic E-state index is 12.0. The Morgan fingerprint density at radius 1 is 1.56 bits per heavy atom. The molecule has 0 saturated heterocycles. The van der Waals surface area contributed by atoms with E-state index in [-0.39, 0.29) is 17.8 Å². The number of benzene rings is 1. The van der Waals surface area contributed by atoms with Gasteiger partial charge in [0.15, 0.2) is 5.78 Å². The van der Waals surface area contributed by atoms with Gasteiger partial charge in [-0.25, -0.2) is 0 Å². The smallest absolute Gasteiger partial charge is 0.165 e. The van der Waals surface area contributed by atoms with Gasteiger partial charge in [0.05, 0.1) is 0 Å². The highest BCUT2D eigenvalue weighted by molar-refractivity contribution is 5.98. The Labute approximate surface area is 96.6 Å². The zero-order valence-electron chi connectivity index (χ0n) is 10.1. The highest BCUT2D eigenvalue weighted by Gasteiger charge is 2.21. The Kier molecular flexibility index (Phi) is 2.99. The van der Waals surface area contributed by atoms with Gasteiger partial charge in [-0.05, 0) is 37.1 Å². The molecule has 1 aromatic rings. The molecule has 86 valence electrons. The van der Waals surface area contributed by atoms with Crippen molar-refractivity contribution >= 4 is 5.78 Å². The van der Waals surface area contributed by atoms with Crippen molar-refractivity contribution in [3.8, 4) is 5.75 Å². The minimum Gasteiger partial charge on any atom is -0.490 e. The van der Waals surface area contributed by atoms with Crippen LogP contribution in [0.4, 0.5) is 0 Å². The van der Waals surface area contributed by atoms with Crippen LogP contribution in [0.25, 0.3) is 0 Å². The first-order valence-corrected chi connectivity index (χ1v) is 5.95. The minimum absolute atomic E-state index is 0.109. The molecule has 0 N–H and O–H groups in total. The van der Waals surface area contributed by atoms with Crippen molar-refractivity contribution in [2.24, 2.45) is 5.92 Å². The van der Waals surface area contributed by atoms with Crippen LogP contribution in [0.5, 0.6) is 5.75 Å². The van der Waals surface area contributed by atoms with Gasteiger partial charge >= 0.3 is 0 Å². The van der Waals surface area contributed by atoms with Crippen molar-refractivity contribution in [2.45, 2.75) is 39.7 Å². The lowest BCUT2D eigenvalue weighted by molar-refractivity contribution is 0.0927. The fourth-order valence-corrected chi connectivity index (χ4v) is 2.05. The lowest BCUT2D eigenvalue weighted by Crippen LogP contribution is -2.10. The number of fused-ring (bicyclic) bond motifs is 1. The molecule has 2 atom stereocenters. The highest BCUT2D eigenvalue weighted by atomic mass is 16.5. The third-order valence-electron chi connectivity index (χ3n) is 3.24. The Morgan fingerprint density at radius 2 is 2.31 bits per heavy atom. The molecule has 2 rings (SSSR count). The molecule has 2 unspecified atom stereocenters. The average Bonchev–Trinajstić information content (AvgIpc) is 2.65. The fraction of sp³-hybridized carbons (Fsp3) is 0.500. The van der Waals surface area contributed by atoms with E-state index in [1.807, 2.05) is 32.0 Å². The summed E-state index contributed by atoms with van der Waals surface area (Å²) in [6, 6.07) is 5.80. The van der Waals surface area contributed by atoms with Crippen LogP contribution in [0.2, 0.25) is 0 Å². The standard InChI is InChI=1S/C14H18O2/c1-4-9(2)14(15)11-5-6-13-12(8-11)7-10(3)16-13/h5-6,8-10H,4,7H2,1-3H3. The third-order valence-corrected chi connectivity index (χ3v) is 3.24. The van der Waals surface area contributed by atoms with E-state index in [1.165, 1.54) is 5.56 Å². The summed E-state index contributed by atoms with van der Waals surface area (Å²) in [5.41, 5.74) is 1.99. The number of Topliss-reactive ketones (excluding diaryl/α,β-unsaturated/α-hetero) is 1. The Hall–Kier alpha value is -1.31. The summed E-state index contributed by atoms with van der Waals surface area (Å²) in [6.45, 7) is 6.08. The number of hydrogen-bond acceptors (Lipinski definition) is 2. The second-order valence-corrected chi connectivity index (χ2v) is 4.63. The van der Waals surface area contributed by atoms with E-state index in [9.17, 15) is 4.79 Å². The number of hydrogen-bond donors (Lipinski definition) is 0. The fourth-order valence-electron chi connectivity index (χ4n) is 2.05. The summed E-state index contributed by atoms with van der Waals surface area (Å²) in [5, 5.41) is 0. The number of carbonyl (C=O) groups is 1. The van der Waals surface area contributed by atoms with E-state index < -0.39 is 0 Å². The predicted octanol–water partition coefficient (Wildman–Crippen LogP) is 3.24. The molecule has 0 aromatic heterocycles. The number of ketones is 1. The van der Waals surface area contributed by atoms with E-state index in [0.717, 1.165) is 24.2 Å². The predicted molar refractivity (Wildman–Crippen MR) is 64.0 cm³/mol. The molecule has 16 heavy (non-hydrogen) atoms. The Bertz CT molecular complexity index is 409. The van der Waals surface area contributed by atoms with Gasteiger partial charge < -0.3 is 4.74 Å². The monoisotopic (exact) mass is 218 g/mol. The van der Waals surface area contributed by atoms with Gasteiger partial charge in [-0.3, -0.25) is 4.79 Å². The van der Waals surface area contributed by atoms with Crippen molar-refractivity contribution < 1.29 is 9.53 Å². The molecule has 0 aliphatic carbocycles. The first-order chi connectivity index (χ1) is 7.61. The summed E-state index contributed by atoms with van der Waals surface area (Å²) < 4.78 is 5.62. The zero-order valence-corrected chi connectivity index (χ0v) is 10.1. The largest absolute Gasteiger partial charge is 0.490 e. The Morgan fingerprint density at radius 3 is 3.00 bits per heavy atom. The van der Waals surface area contributed by atoms with Crippen LogP contribution in [0.15, 0.2) is 18.2 Å². The molecular formula is C14H18O2. The van der Waals surface area contributed by atoms with Crippen LogP contribution in [-0.4, -0.2) is 11.9 Å². The van der Waals surface area contributed by atoms with Gasteiger partial charge in [-0.2, -0.15) is 0 Å². The van der Waals surface area contributed by atoms with E-state index in [1.54, 1.807) is 0 Å². The number of carbonyl (C=O) groups excluding carboxylic acids is 1. The van der Waals surface area contributed by atoms with Crippen molar-refractivity contribution in [3.05, 3.63) is 29.3 Å². The number of ether oxygens (including phenoxy) is 1. The molecule has 0 fully saturated rings. The van der Waals surface area contributed by atoms with E-state index in [2.05, 4.69) is 6.92 Å². The molecule has 1 aromatic carbocycles. The van der Waals surface area contributed by atoms with Gasteiger partial charge in [0, 0.05) is 17.9 Å². The van der Waals surface area contributed by atoms with E-state index >= 15 is 0 Å². The molecule has 0 spiro atoms. The summed E-state index contributed by atoms with van der Waals surface area (Å²) in [6.07, 6.45) is 2.05. The van der Waals surface area contributed by atoms with Crippen molar-refractivity contribution in [3.63, 3.8) is 0 Å². The van der Waals surface area contributed by atoms with Gasteiger partial charge in [0.25, 0.3) is 0 Å². The second kappa shape index (κ2) is 4.28. The minimum atomic E-state index is 0.109. The van der Waals surface area contributed by atoms with E-state index in [4.69, 9.17) is 4.74 Å². The molecular weight excluding hydrogens is 200 g/mol. The third kappa shape index (κ3) is 1.97. The van der Waals surface area contributed by atoms with Crippen LogP contribution in [0.1, 0.15) is 43.1 Å². The molecule has 0 amide bonds. The molecule has 1 heterocycles. The van der Waals surface area contributed by atoms with Gasteiger partial charge in [0.1, 0.15) is 11.9 Å². The van der Waals surface area contributed by atoms with Gasteiger partial charge in [0.2, 0.25) is 0 Å². The molecule has 0 bridgehead atoms. The van der Waals surface area contributed by atoms with Gasteiger partial charge in [-0.15, -0.1) is 0 Å². The SMILES string of the molecule is CCC(C)C(=O)c1ccc2c(c1)CC(C)O2. The van der Waals surface area contributed by atoms with Crippen LogP contribution < -0.4 is 4.74 Å². The summed E-state index contributed by atoms with van der Waals surface area (Å²) in [7, 11) is 0. The van der Waals surface area contributed by atoms with Crippen molar-refractivity contribution in [1.29, 1.82) is 0 Å². The van der Waals surface area contributed by atoms with Gasteiger partial charge in [-0.1, -0.05) is 13.8 Å². The van der Waals surface area contributed by atoms with Crippen molar-refractivity contribution in [1.82, 2.24) is 0 Å². The summed E-state index contributed by atoms with van der Waals surface area (Å²) >= 11 is 0. The quantitative estimate of drug-likeness (QED) is 0.728. The van der Waals surface area contributed by atoms with Crippen LogP contribution in [0.3, 0.4) is 0 Å². The van der Waals surface area contributed by atoms with Crippen LogP contribution in [-0.2, 0) is 6.42 Å². The van der Waals surface area contributed by atoms with Crippen LogP contribution in [0, 0.1) is 5.92 Å². The lowest BCUT2D eigenvalue weighted by atomic mass is 9.95. The molecule has 1 aliphatic heterocycles. The van der Waals surface area contributed by atoms with Crippen molar-refractivity contribution in [2.75, 3.05) is 0 Å². The lowest BCUT2D eigenvalue weighted by Gasteiger charge is -2.08. The van der Waals surface area contributed by atoms with Crippen LogP contribution >= 0.6 is 0 Å². The molecule has 1 aliphatic rings. The second-order valence-electron chi connectivity index (χ2n) is 4.63. The number of rotatable bonds is 3. The summed E-state index contributed by atoms with van der Waals surface area (Å²) in [5.74, 6) is 1.29. The Balaban J connectivity index is 2.26. The maximum atomic E-state index is 12.0. The highest BCUT2D eigenvalue weighted by Crippen LogP contribution is 2.30. The summed E-state index contributed by atoms with van der Waals surface area (Å²) in [4.78, 5) is 12.0. The average molecular weight is 218 g/mol. The molecule has 2 heteroatoms. The molecule has 0 saturated carbocycles. The topological polar surface area (TPSA) is 26.3 Å². The van der Waals surface area contributed by atoms with E-state index in [0.29, 0.717) is 0 Å². The molecule has 0 radical (unpaired) electrons. The normalized spacial score (nSPS) is 20.1. The first kappa shape index (κ1) is 11.2. The first-order valence-electron chi connectivity index (χ1n) is 5.95. The maximum Gasteiger partial charge on any atom is 0.165 e.